The molecule has 1 aromatic heterocycles. The van der Waals surface area contributed by atoms with Crippen LogP contribution in [0.15, 0.2) is 45.7 Å². The van der Waals surface area contributed by atoms with E-state index in [-0.39, 0.29) is 16.5 Å². The standard InChI is InChI=1S/C14H10F2N2O2S/c15-10-3-2-9(6-11(10)16)21(19)7-14-18-12-4-1-8(17)5-13(12)20-14/h1-6H,7,17H2. The Bertz CT molecular complexity index is 848. The summed E-state index contributed by atoms with van der Waals surface area (Å²) >= 11 is 0. The van der Waals surface area contributed by atoms with Crippen molar-refractivity contribution >= 4 is 27.6 Å². The van der Waals surface area contributed by atoms with Gasteiger partial charge in [0.2, 0.25) is 5.89 Å². The van der Waals surface area contributed by atoms with Crippen LogP contribution in [0, 0.1) is 11.6 Å². The molecule has 0 radical (unpaired) electrons. The molecule has 0 amide bonds. The molecule has 2 N–H and O–H groups in total. The highest BCUT2D eigenvalue weighted by Gasteiger charge is 2.13. The first-order valence-electron chi connectivity index (χ1n) is 6.01. The molecule has 0 fully saturated rings. The van der Waals surface area contributed by atoms with E-state index in [2.05, 4.69) is 4.98 Å². The Morgan fingerprint density at radius 2 is 1.95 bits per heavy atom. The number of nitrogens with zero attached hydrogens (tertiary/aromatic N) is 1. The van der Waals surface area contributed by atoms with E-state index in [1.807, 2.05) is 0 Å². The lowest BCUT2D eigenvalue weighted by atomic mass is 10.3. The monoisotopic (exact) mass is 308 g/mol. The average molecular weight is 308 g/mol. The zero-order chi connectivity index (χ0) is 15.0. The van der Waals surface area contributed by atoms with Crippen LogP contribution in [0.3, 0.4) is 0 Å². The average Bonchev–Trinajstić information content (AvgIpc) is 2.83. The molecule has 3 aromatic rings. The second-order valence-corrected chi connectivity index (χ2v) is 5.85. The minimum Gasteiger partial charge on any atom is -0.440 e. The third-order valence-electron chi connectivity index (χ3n) is 2.87. The number of benzene rings is 2. The Hall–Kier alpha value is -2.28. The predicted molar refractivity (Wildman–Crippen MR) is 74.9 cm³/mol. The van der Waals surface area contributed by atoms with Crippen LogP contribution in [-0.4, -0.2) is 9.19 Å². The molecule has 1 atom stereocenters. The number of nitrogen functional groups attached to an aromatic ring is 1. The van der Waals surface area contributed by atoms with Crippen LogP contribution in [0.4, 0.5) is 14.5 Å². The van der Waals surface area contributed by atoms with E-state index < -0.39 is 22.4 Å². The summed E-state index contributed by atoms with van der Waals surface area (Å²) in [5.41, 5.74) is 7.26. The van der Waals surface area contributed by atoms with E-state index in [9.17, 15) is 13.0 Å². The Morgan fingerprint density at radius 3 is 2.71 bits per heavy atom. The maximum Gasteiger partial charge on any atom is 0.208 e. The number of oxazole rings is 1. The fourth-order valence-electron chi connectivity index (χ4n) is 1.86. The van der Waals surface area contributed by atoms with Gasteiger partial charge in [-0.3, -0.25) is 4.21 Å². The molecule has 4 nitrogen and oxygen atoms in total. The predicted octanol–water partition coefficient (Wildman–Crippen LogP) is 3.00. The van der Waals surface area contributed by atoms with Crippen molar-refractivity contribution < 1.29 is 17.4 Å². The first-order chi connectivity index (χ1) is 10.0. The topological polar surface area (TPSA) is 69.1 Å². The number of hydrogen-bond donors (Lipinski definition) is 1. The van der Waals surface area contributed by atoms with E-state index in [1.54, 1.807) is 18.2 Å². The van der Waals surface area contributed by atoms with Gasteiger partial charge in [-0.25, -0.2) is 13.8 Å². The lowest BCUT2D eigenvalue weighted by Gasteiger charge is -2.00. The minimum atomic E-state index is -1.58. The van der Waals surface area contributed by atoms with Gasteiger partial charge in [0.25, 0.3) is 0 Å². The van der Waals surface area contributed by atoms with Crippen LogP contribution in [0.25, 0.3) is 11.1 Å². The van der Waals surface area contributed by atoms with Gasteiger partial charge in [-0.2, -0.15) is 0 Å². The van der Waals surface area contributed by atoms with E-state index in [4.69, 9.17) is 10.2 Å². The minimum absolute atomic E-state index is 0.0281. The molecule has 7 heteroatoms. The van der Waals surface area contributed by atoms with Gasteiger partial charge in [0.1, 0.15) is 11.3 Å². The van der Waals surface area contributed by atoms with Gasteiger partial charge >= 0.3 is 0 Å². The van der Waals surface area contributed by atoms with Crippen molar-refractivity contribution in [2.75, 3.05) is 5.73 Å². The number of halogens is 2. The summed E-state index contributed by atoms with van der Waals surface area (Å²) in [5.74, 6) is -1.79. The zero-order valence-corrected chi connectivity index (χ0v) is 11.5. The number of fused-ring (bicyclic) bond motifs is 1. The smallest absolute Gasteiger partial charge is 0.208 e. The number of aromatic nitrogens is 1. The van der Waals surface area contributed by atoms with E-state index >= 15 is 0 Å². The molecule has 0 bridgehead atoms. The quantitative estimate of drug-likeness (QED) is 0.755. The Labute approximate surface area is 121 Å². The van der Waals surface area contributed by atoms with Gasteiger partial charge in [0.05, 0.1) is 10.8 Å². The maximum absolute atomic E-state index is 13.1. The zero-order valence-electron chi connectivity index (χ0n) is 10.7. The van der Waals surface area contributed by atoms with E-state index in [0.29, 0.717) is 16.8 Å². The number of nitrogens with two attached hydrogens (primary N) is 1. The highest BCUT2D eigenvalue weighted by molar-refractivity contribution is 7.84. The third-order valence-corrected chi connectivity index (χ3v) is 4.15. The Kier molecular flexibility index (Phi) is 3.42. The Balaban J connectivity index is 1.87. The molecule has 2 aromatic carbocycles. The lowest BCUT2D eigenvalue weighted by Crippen LogP contribution is -1.98. The van der Waals surface area contributed by atoms with Crippen LogP contribution < -0.4 is 5.73 Å². The number of hydrogen-bond acceptors (Lipinski definition) is 4. The fourth-order valence-corrected chi connectivity index (χ4v) is 2.83. The van der Waals surface area contributed by atoms with E-state index in [1.165, 1.54) is 6.07 Å². The molecule has 0 saturated heterocycles. The van der Waals surface area contributed by atoms with Gasteiger partial charge in [-0.05, 0) is 30.3 Å². The van der Waals surface area contributed by atoms with Crippen molar-refractivity contribution in [1.82, 2.24) is 4.98 Å². The van der Waals surface area contributed by atoms with Crippen molar-refractivity contribution in [2.45, 2.75) is 10.6 Å². The molecule has 0 aliphatic rings. The van der Waals surface area contributed by atoms with Crippen molar-refractivity contribution in [3.63, 3.8) is 0 Å². The Morgan fingerprint density at radius 1 is 1.14 bits per heavy atom. The van der Waals surface area contributed by atoms with Crippen LogP contribution >= 0.6 is 0 Å². The molecule has 3 rings (SSSR count). The molecule has 1 unspecified atom stereocenters. The van der Waals surface area contributed by atoms with Crippen molar-refractivity contribution in [1.29, 1.82) is 0 Å². The number of rotatable bonds is 3. The van der Waals surface area contributed by atoms with Gasteiger partial charge < -0.3 is 10.2 Å². The summed E-state index contributed by atoms with van der Waals surface area (Å²) in [5, 5.41) is 0. The van der Waals surface area contributed by atoms with Gasteiger partial charge in [0.15, 0.2) is 17.2 Å². The van der Waals surface area contributed by atoms with Gasteiger partial charge in [-0.1, -0.05) is 0 Å². The highest BCUT2D eigenvalue weighted by Crippen LogP contribution is 2.21. The molecule has 0 aliphatic carbocycles. The molecular weight excluding hydrogens is 298 g/mol. The first kappa shape index (κ1) is 13.7. The molecule has 0 saturated carbocycles. The van der Waals surface area contributed by atoms with Crippen LogP contribution in [-0.2, 0) is 16.6 Å². The molecule has 0 spiro atoms. The summed E-state index contributed by atoms with van der Waals surface area (Å²) in [6.45, 7) is 0. The van der Waals surface area contributed by atoms with Gasteiger partial charge in [-0.15, -0.1) is 0 Å². The highest BCUT2D eigenvalue weighted by atomic mass is 32.2. The van der Waals surface area contributed by atoms with Crippen molar-refractivity contribution in [3.05, 3.63) is 53.9 Å². The summed E-state index contributed by atoms with van der Waals surface area (Å²) in [4.78, 5) is 4.35. The van der Waals surface area contributed by atoms with Crippen LogP contribution in [0.2, 0.25) is 0 Å². The third kappa shape index (κ3) is 2.78. The first-order valence-corrected chi connectivity index (χ1v) is 7.33. The summed E-state index contributed by atoms with van der Waals surface area (Å²) in [6, 6.07) is 8.11. The molecule has 108 valence electrons. The number of anilines is 1. The molecule has 0 aliphatic heterocycles. The maximum atomic E-state index is 13.1. The van der Waals surface area contributed by atoms with E-state index in [0.717, 1.165) is 12.1 Å². The molecular formula is C14H10F2N2O2S. The summed E-state index contributed by atoms with van der Waals surface area (Å²) in [6.07, 6.45) is 0. The normalized spacial score (nSPS) is 12.7. The van der Waals surface area contributed by atoms with Gasteiger partial charge in [0, 0.05) is 16.6 Å². The fraction of sp³-hybridized carbons (Fsp3) is 0.0714. The summed E-state index contributed by atoms with van der Waals surface area (Å²) in [7, 11) is -1.58. The molecule has 21 heavy (non-hydrogen) atoms. The van der Waals surface area contributed by atoms with Crippen molar-refractivity contribution in [3.8, 4) is 0 Å². The molecule has 1 heterocycles. The lowest BCUT2D eigenvalue weighted by molar-refractivity contribution is 0.505. The largest absolute Gasteiger partial charge is 0.440 e. The second kappa shape index (κ2) is 5.25. The van der Waals surface area contributed by atoms with Crippen LogP contribution in [0.5, 0.6) is 0 Å². The second-order valence-electron chi connectivity index (χ2n) is 4.40. The summed E-state index contributed by atoms with van der Waals surface area (Å²) < 4.78 is 43.5. The van der Waals surface area contributed by atoms with Crippen molar-refractivity contribution in [2.24, 2.45) is 0 Å². The SMILES string of the molecule is Nc1ccc2nc(CS(=O)c3ccc(F)c(F)c3)oc2c1. The van der Waals surface area contributed by atoms with Crippen LogP contribution in [0.1, 0.15) is 5.89 Å².